The van der Waals surface area contributed by atoms with Crippen molar-refractivity contribution in [1.82, 2.24) is 5.32 Å². The van der Waals surface area contributed by atoms with Gasteiger partial charge in [0.25, 0.3) is 5.91 Å². The lowest BCUT2D eigenvalue weighted by Crippen LogP contribution is -2.46. The molecule has 1 aromatic carbocycles. The Morgan fingerprint density at radius 2 is 1.96 bits per heavy atom. The van der Waals surface area contributed by atoms with Gasteiger partial charge in [-0.05, 0) is 40.7 Å². The summed E-state index contributed by atoms with van der Waals surface area (Å²) in [5, 5.41) is 3.22. The van der Waals surface area contributed by atoms with Crippen molar-refractivity contribution >= 4 is 22.8 Å². The van der Waals surface area contributed by atoms with E-state index >= 15 is 0 Å². The molecule has 1 N–H and O–H groups in total. The van der Waals surface area contributed by atoms with Crippen molar-refractivity contribution in [3.8, 4) is 0 Å². The second-order valence-electron chi connectivity index (χ2n) is 6.46. The second kappa shape index (κ2) is 6.02. The number of hydrogen-bond acceptors (Lipinski definition) is 4. The number of carbonyl (C=O) groups is 2. The van der Waals surface area contributed by atoms with Gasteiger partial charge in [0.05, 0.1) is 0 Å². The van der Waals surface area contributed by atoms with Crippen molar-refractivity contribution in [3.63, 3.8) is 0 Å². The summed E-state index contributed by atoms with van der Waals surface area (Å²) in [7, 11) is 0. The monoisotopic (exact) mass is 321 g/mol. The van der Waals surface area contributed by atoms with Crippen molar-refractivity contribution in [2.45, 2.75) is 46.3 Å². The average Bonchev–Trinajstić information content (AvgIpc) is 2.76. The number of aryl methyl sites for hydroxylation is 1. The van der Waals surface area contributed by atoms with E-state index in [4.69, 9.17) is 9.15 Å². The minimum absolute atomic E-state index is 0.00347. The van der Waals surface area contributed by atoms with E-state index in [2.05, 4.69) is 5.32 Å². The highest BCUT2D eigenvalue weighted by atomic mass is 19.1. The number of fused-ring (bicyclic) bond motifs is 1. The number of para-hydroxylation sites is 1. The zero-order valence-electron chi connectivity index (χ0n) is 13.8. The number of amides is 1. The van der Waals surface area contributed by atoms with E-state index in [0.29, 0.717) is 10.9 Å². The van der Waals surface area contributed by atoms with Gasteiger partial charge >= 0.3 is 5.97 Å². The maximum absolute atomic E-state index is 13.7. The molecule has 1 atom stereocenters. The summed E-state index contributed by atoms with van der Waals surface area (Å²) < 4.78 is 24.1. The average molecular weight is 321 g/mol. The molecule has 6 heteroatoms. The third-order valence-corrected chi connectivity index (χ3v) is 3.25. The third kappa shape index (κ3) is 3.70. The molecule has 1 heterocycles. The molecule has 1 amide bonds. The highest BCUT2D eigenvalue weighted by Crippen LogP contribution is 2.27. The Labute approximate surface area is 133 Å². The number of halogens is 1. The molecule has 0 saturated carbocycles. The van der Waals surface area contributed by atoms with Gasteiger partial charge < -0.3 is 14.5 Å². The van der Waals surface area contributed by atoms with E-state index in [-0.39, 0.29) is 11.3 Å². The van der Waals surface area contributed by atoms with Crippen LogP contribution in [0, 0.1) is 12.7 Å². The lowest BCUT2D eigenvalue weighted by atomic mass is 10.1. The normalized spacial score (nSPS) is 13.0. The van der Waals surface area contributed by atoms with Crippen LogP contribution in [0.4, 0.5) is 4.39 Å². The van der Waals surface area contributed by atoms with Crippen LogP contribution in [0.2, 0.25) is 0 Å². The minimum Gasteiger partial charge on any atom is -0.447 e. The van der Waals surface area contributed by atoms with Gasteiger partial charge in [-0.2, -0.15) is 0 Å². The Hall–Kier alpha value is -2.37. The van der Waals surface area contributed by atoms with Crippen LogP contribution >= 0.6 is 0 Å². The Morgan fingerprint density at radius 3 is 2.52 bits per heavy atom. The topological polar surface area (TPSA) is 68.5 Å². The zero-order valence-corrected chi connectivity index (χ0v) is 13.8. The number of benzene rings is 1. The number of nitrogens with one attached hydrogen (secondary N) is 1. The van der Waals surface area contributed by atoms with E-state index in [1.807, 2.05) is 20.8 Å². The Morgan fingerprint density at radius 1 is 1.30 bits per heavy atom. The van der Waals surface area contributed by atoms with Gasteiger partial charge in [0.15, 0.2) is 17.5 Å². The fourth-order valence-corrected chi connectivity index (χ4v) is 2.14. The molecule has 1 aromatic heterocycles. The molecule has 0 saturated heterocycles. The van der Waals surface area contributed by atoms with Crippen molar-refractivity contribution in [3.05, 3.63) is 35.3 Å². The SMILES string of the molecule is Cc1c(C(=O)O[C@H](C)C(=O)NC(C)(C)C)oc2c(F)cccc12. The van der Waals surface area contributed by atoms with Crippen LogP contribution in [0.1, 0.15) is 43.8 Å². The van der Waals surface area contributed by atoms with Crippen molar-refractivity contribution in [1.29, 1.82) is 0 Å². The highest BCUT2D eigenvalue weighted by Gasteiger charge is 2.26. The molecule has 0 radical (unpaired) electrons. The summed E-state index contributed by atoms with van der Waals surface area (Å²) in [5.41, 5.74) is 0.0487. The quantitative estimate of drug-likeness (QED) is 0.880. The van der Waals surface area contributed by atoms with Crippen LogP contribution in [-0.2, 0) is 9.53 Å². The summed E-state index contributed by atoms with van der Waals surface area (Å²) in [4.78, 5) is 24.2. The van der Waals surface area contributed by atoms with Crippen molar-refractivity contribution < 1.29 is 23.1 Å². The van der Waals surface area contributed by atoms with Crippen LogP contribution in [-0.4, -0.2) is 23.5 Å². The molecule has 2 rings (SSSR count). The molecule has 5 nitrogen and oxygen atoms in total. The molecule has 124 valence electrons. The first-order valence-corrected chi connectivity index (χ1v) is 7.31. The predicted molar refractivity (Wildman–Crippen MR) is 83.7 cm³/mol. The molecule has 0 bridgehead atoms. The summed E-state index contributed by atoms with van der Waals surface area (Å²) >= 11 is 0. The van der Waals surface area contributed by atoms with Crippen molar-refractivity contribution in [2.24, 2.45) is 0 Å². The van der Waals surface area contributed by atoms with Gasteiger partial charge in [-0.15, -0.1) is 0 Å². The lowest BCUT2D eigenvalue weighted by Gasteiger charge is -2.23. The maximum atomic E-state index is 13.7. The number of ether oxygens (including phenoxy) is 1. The molecule has 0 aliphatic rings. The number of hydrogen-bond donors (Lipinski definition) is 1. The van der Waals surface area contributed by atoms with Crippen LogP contribution in [0.3, 0.4) is 0 Å². The smallest absolute Gasteiger partial charge is 0.375 e. The molecular formula is C17H20FNO4. The number of carbonyl (C=O) groups excluding carboxylic acids is 2. The van der Waals surface area contributed by atoms with Gasteiger partial charge in [-0.1, -0.05) is 12.1 Å². The van der Waals surface area contributed by atoms with Crippen LogP contribution in [0.15, 0.2) is 22.6 Å². The van der Waals surface area contributed by atoms with Crippen molar-refractivity contribution in [2.75, 3.05) is 0 Å². The molecule has 0 unspecified atom stereocenters. The molecule has 23 heavy (non-hydrogen) atoms. The summed E-state index contributed by atoms with van der Waals surface area (Å²) in [6, 6.07) is 4.44. The highest BCUT2D eigenvalue weighted by molar-refractivity contribution is 5.97. The van der Waals surface area contributed by atoms with Gasteiger partial charge in [0.1, 0.15) is 0 Å². The second-order valence-corrected chi connectivity index (χ2v) is 6.46. The van der Waals surface area contributed by atoms with E-state index in [0.717, 1.165) is 0 Å². The van der Waals surface area contributed by atoms with Gasteiger partial charge in [0, 0.05) is 16.5 Å². The first kappa shape index (κ1) is 17.0. The first-order chi connectivity index (χ1) is 10.6. The Kier molecular flexibility index (Phi) is 4.45. The zero-order chi connectivity index (χ0) is 17.4. The van der Waals surface area contributed by atoms with E-state index in [9.17, 15) is 14.0 Å². The molecular weight excluding hydrogens is 301 g/mol. The molecule has 0 aliphatic heterocycles. The third-order valence-electron chi connectivity index (χ3n) is 3.25. The maximum Gasteiger partial charge on any atom is 0.375 e. The number of esters is 1. The van der Waals surface area contributed by atoms with E-state index < -0.39 is 29.3 Å². The molecule has 0 spiro atoms. The fourth-order valence-electron chi connectivity index (χ4n) is 2.14. The Balaban J connectivity index is 2.20. The van der Waals surface area contributed by atoms with Crippen LogP contribution in [0.5, 0.6) is 0 Å². The van der Waals surface area contributed by atoms with Gasteiger partial charge in [-0.3, -0.25) is 4.79 Å². The molecule has 0 aliphatic carbocycles. The first-order valence-electron chi connectivity index (χ1n) is 7.31. The van der Waals surface area contributed by atoms with E-state index in [1.54, 1.807) is 13.0 Å². The standard InChI is InChI=1S/C17H20FNO4/c1-9-11-7-6-8-12(18)14(11)23-13(9)16(21)22-10(2)15(20)19-17(3,4)5/h6-8,10H,1-5H3,(H,19,20)/t10-/m1/s1. The summed E-state index contributed by atoms with van der Waals surface area (Å²) in [6.45, 7) is 8.59. The number of furan rings is 1. The summed E-state index contributed by atoms with van der Waals surface area (Å²) in [5.74, 6) is -1.86. The lowest BCUT2D eigenvalue weighted by molar-refractivity contribution is -0.130. The minimum atomic E-state index is -0.987. The van der Waals surface area contributed by atoms with Gasteiger partial charge in [0.2, 0.25) is 5.76 Å². The van der Waals surface area contributed by atoms with Crippen LogP contribution < -0.4 is 5.32 Å². The van der Waals surface area contributed by atoms with E-state index in [1.165, 1.54) is 19.1 Å². The fraction of sp³-hybridized carbons (Fsp3) is 0.412. The Bertz CT molecular complexity index is 758. The predicted octanol–water partition coefficient (Wildman–Crippen LogP) is 3.34. The largest absolute Gasteiger partial charge is 0.447 e. The number of rotatable bonds is 3. The molecule has 0 fully saturated rings. The summed E-state index contributed by atoms with van der Waals surface area (Å²) in [6.07, 6.45) is -0.987. The van der Waals surface area contributed by atoms with Gasteiger partial charge in [-0.25, -0.2) is 9.18 Å². The van der Waals surface area contributed by atoms with Crippen LogP contribution in [0.25, 0.3) is 11.0 Å². The molecule has 2 aromatic rings.